The van der Waals surface area contributed by atoms with Crippen molar-refractivity contribution in [3.05, 3.63) is 23.8 Å². The molecule has 1 aromatic rings. The number of anilines is 2. The van der Waals surface area contributed by atoms with E-state index < -0.39 is 19.1 Å². The summed E-state index contributed by atoms with van der Waals surface area (Å²) in [6, 6.07) is 5.61. The van der Waals surface area contributed by atoms with Crippen LogP contribution in [0.5, 0.6) is 0 Å². The third-order valence-electron chi connectivity index (χ3n) is 2.99. The monoisotopic (exact) mass is 242 g/mol. The molecule has 5 heteroatoms. The van der Waals surface area contributed by atoms with Crippen LogP contribution in [0.4, 0.5) is 20.2 Å². The van der Waals surface area contributed by atoms with Crippen LogP contribution in [0.25, 0.3) is 0 Å². The lowest BCUT2D eigenvalue weighted by Crippen LogP contribution is -2.31. The predicted molar refractivity (Wildman–Crippen MR) is 63.9 cm³/mol. The van der Waals surface area contributed by atoms with Crippen molar-refractivity contribution in [3.63, 3.8) is 0 Å². The zero-order valence-electron chi connectivity index (χ0n) is 9.71. The molecule has 1 aromatic carbocycles. The first kappa shape index (κ1) is 12.1. The van der Waals surface area contributed by atoms with E-state index in [9.17, 15) is 8.78 Å². The molecule has 0 aliphatic carbocycles. The van der Waals surface area contributed by atoms with Gasteiger partial charge >= 0.3 is 0 Å². The molecule has 0 unspecified atom stereocenters. The average Bonchev–Trinajstić information content (AvgIpc) is 2.68. The van der Waals surface area contributed by atoms with Gasteiger partial charge < -0.3 is 15.3 Å². The Balaban J connectivity index is 2.04. The average molecular weight is 242 g/mol. The first-order chi connectivity index (χ1) is 8.02. The summed E-state index contributed by atoms with van der Waals surface area (Å²) in [5.74, 6) is -3.07. The van der Waals surface area contributed by atoms with Crippen LogP contribution in [0.1, 0.15) is 5.56 Å². The van der Waals surface area contributed by atoms with Gasteiger partial charge in [-0.15, -0.1) is 0 Å². The van der Waals surface area contributed by atoms with Gasteiger partial charge in [0.05, 0.1) is 6.54 Å². The standard InChI is InChI=1S/C12H16F2N2O/c1-16-5-4-9-6-10(2-3-11(9)16)15-7-12(13,14)8-17/h2-3,6,15,17H,4-5,7-8H2,1H3. The topological polar surface area (TPSA) is 35.5 Å². The molecule has 2 rings (SSSR count). The van der Waals surface area contributed by atoms with E-state index in [0.29, 0.717) is 5.69 Å². The third-order valence-corrected chi connectivity index (χ3v) is 2.99. The molecule has 0 fully saturated rings. The molecule has 1 aliphatic rings. The molecule has 1 heterocycles. The van der Waals surface area contributed by atoms with E-state index in [0.717, 1.165) is 18.7 Å². The fraction of sp³-hybridized carbons (Fsp3) is 0.500. The van der Waals surface area contributed by atoms with Gasteiger partial charge in [-0.25, -0.2) is 8.78 Å². The lowest BCUT2D eigenvalue weighted by Gasteiger charge is -2.16. The number of benzene rings is 1. The second-order valence-corrected chi connectivity index (χ2v) is 4.38. The normalized spacial score (nSPS) is 14.9. The number of nitrogens with one attached hydrogen (secondary N) is 1. The highest BCUT2D eigenvalue weighted by molar-refractivity contribution is 5.63. The lowest BCUT2D eigenvalue weighted by atomic mass is 10.1. The molecule has 0 spiro atoms. The Bertz CT molecular complexity index is 409. The van der Waals surface area contributed by atoms with Gasteiger partial charge in [-0.2, -0.15) is 0 Å². The van der Waals surface area contributed by atoms with Crippen molar-refractivity contribution in [1.29, 1.82) is 0 Å². The van der Waals surface area contributed by atoms with Gasteiger partial charge in [-0.3, -0.25) is 0 Å². The van der Waals surface area contributed by atoms with Gasteiger partial charge in [-0.1, -0.05) is 0 Å². The van der Waals surface area contributed by atoms with Crippen molar-refractivity contribution in [2.24, 2.45) is 0 Å². The van der Waals surface area contributed by atoms with E-state index in [2.05, 4.69) is 10.2 Å². The second-order valence-electron chi connectivity index (χ2n) is 4.38. The van der Waals surface area contributed by atoms with Gasteiger partial charge in [-0.05, 0) is 30.2 Å². The SMILES string of the molecule is CN1CCc2cc(NCC(F)(F)CO)ccc21. The van der Waals surface area contributed by atoms with Gasteiger partial charge in [0.1, 0.15) is 6.61 Å². The fourth-order valence-electron chi connectivity index (χ4n) is 1.96. The van der Waals surface area contributed by atoms with Gasteiger partial charge in [0, 0.05) is 25.0 Å². The Kier molecular flexibility index (Phi) is 3.19. The smallest absolute Gasteiger partial charge is 0.287 e. The fourth-order valence-corrected chi connectivity index (χ4v) is 1.96. The Labute approximate surface area is 99.1 Å². The minimum absolute atomic E-state index is 0.544. The van der Waals surface area contributed by atoms with Crippen molar-refractivity contribution in [2.45, 2.75) is 12.3 Å². The van der Waals surface area contributed by atoms with Crippen molar-refractivity contribution in [3.8, 4) is 0 Å². The van der Waals surface area contributed by atoms with E-state index in [1.165, 1.54) is 5.56 Å². The molecule has 17 heavy (non-hydrogen) atoms. The number of aliphatic hydroxyl groups excluding tert-OH is 1. The first-order valence-electron chi connectivity index (χ1n) is 5.58. The Hall–Kier alpha value is -1.36. The molecule has 94 valence electrons. The summed E-state index contributed by atoms with van der Waals surface area (Å²) in [5, 5.41) is 11.1. The van der Waals surface area contributed by atoms with Crippen molar-refractivity contribution in [2.75, 3.05) is 37.0 Å². The molecule has 0 amide bonds. The number of hydrogen-bond donors (Lipinski definition) is 2. The second kappa shape index (κ2) is 4.49. The first-order valence-corrected chi connectivity index (χ1v) is 5.58. The van der Waals surface area contributed by atoms with Gasteiger partial charge in [0.2, 0.25) is 0 Å². The Morgan fingerprint density at radius 2 is 2.24 bits per heavy atom. The molecule has 0 saturated carbocycles. The van der Waals surface area contributed by atoms with E-state index in [4.69, 9.17) is 5.11 Å². The lowest BCUT2D eigenvalue weighted by molar-refractivity contribution is -0.0372. The highest BCUT2D eigenvalue weighted by atomic mass is 19.3. The number of aliphatic hydroxyl groups is 1. The molecule has 3 nitrogen and oxygen atoms in total. The molecule has 0 aromatic heterocycles. The van der Waals surface area contributed by atoms with E-state index in [-0.39, 0.29) is 0 Å². The minimum Gasteiger partial charge on any atom is -0.390 e. The molecule has 1 aliphatic heterocycles. The quantitative estimate of drug-likeness (QED) is 0.844. The third kappa shape index (κ3) is 2.66. The molecule has 2 N–H and O–H groups in total. The molecular weight excluding hydrogens is 226 g/mol. The number of rotatable bonds is 4. The number of likely N-dealkylation sites (N-methyl/N-ethyl adjacent to an activating group) is 1. The zero-order chi connectivity index (χ0) is 12.5. The highest BCUT2D eigenvalue weighted by Crippen LogP contribution is 2.29. The largest absolute Gasteiger partial charge is 0.390 e. The van der Waals surface area contributed by atoms with Gasteiger partial charge in [0.15, 0.2) is 0 Å². The summed E-state index contributed by atoms with van der Waals surface area (Å²) < 4.78 is 25.7. The van der Waals surface area contributed by atoms with Crippen molar-refractivity contribution >= 4 is 11.4 Å². The summed E-state index contributed by atoms with van der Waals surface area (Å²) >= 11 is 0. The van der Waals surface area contributed by atoms with Crippen LogP contribution >= 0.6 is 0 Å². The number of hydrogen-bond acceptors (Lipinski definition) is 3. The molecule has 0 atom stereocenters. The summed E-state index contributed by atoms with van der Waals surface area (Å²) in [7, 11) is 2.01. The summed E-state index contributed by atoms with van der Waals surface area (Å²) in [5.41, 5.74) is 3.00. The maximum atomic E-state index is 12.9. The van der Waals surface area contributed by atoms with Crippen LogP contribution in [0.2, 0.25) is 0 Å². The maximum absolute atomic E-state index is 12.9. The number of nitrogens with zero attached hydrogens (tertiary/aromatic N) is 1. The molecule has 0 saturated heterocycles. The zero-order valence-corrected chi connectivity index (χ0v) is 9.71. The molecule has 0 bridgehead atoms. The Morgan fingerprint density at radius 1 is 1.47 bits per heavy atom. The summed E-state index contributed by atoms with van der Waals surface area (Å²) in [4.78, 5) is 2.14. The minimum atomic E-state index is -3.07. The van der Waals surface area contributed by atoms with Crippen molar-refractivity contribution in [1.82, 2.24) is 0 Å². The van der Waals surface area contributed by atoms with E-state index in [1.54, 1.807) is 6.07 Å². The van der Waals surface area contributed by atoms with E-state index >= 15 is 0 Å². The molecular formula is C12H16F2N2O. The number of alkyl halides is 2. The predicted octanol–water partition coefficient (Wildman–Crippen LogP) is 1.72. The van der Waals surface area contributed by atoms with Crippen LogP contribution in [0, 0.1) is 0 Å². The van der Waals surface area contributed by atoms with Crippen LogP contribution in [0.3, 0.4) is 0 Å². The number of fused-ring (bicyclic) bond motifs is 1. The van der Waals surface area contributed by atoms with Crippen molar-refractivity contribution < 1.29 is 13.9 Å². The van der Waals surface area contributed by atoms with Crippen LogP contribution < -0.4 is 10.2 Å². The van der Waals surface area contributed by atoms with Crippen LogP contribution in [0.15, 0.2) is 18.2 Å². The van der Waals surface area contributed by atoms with Gasteiger partial charge in [0.25, 0.3) is 5.92 Å². The number of halogens is 2. The summed E-state index contributed by atoms with van der Waals surface area (Å²) in [6.07, 6.45) is 0.942. The maximum Gasteiger partial charge on any atom is 0.287 e. The summed E-state index contributed by atoms with van der Waals surface area (Å²) in [6.45, 7) is -0.711. The van der Waals surface area contributed by atoms with E-state index in [1.807, 2.05) is 19.2 Å². The van der Waals surface area contributed by atoms with Crippen LogP contribution in [-0.2, 0) is 6.42 Å². The highest BCUT2D eigenvalue weighted by Gasteiger charge is 2.27. The van der Waals surface area contributed by atoms with Crippen LogP contribution in [-0.4, -0.2) is 37.8 Å². The molecule has 0 radical (unpaired) electrons. The Morgan fingerprint density at radius 3 is 2.94 bits per heavy atom.